The SMILES string of the molecule is NC(=O)[C@@H](Cc1ccccc1[N+](=O)[O-])NC(=O)c1ccccc1. The van der Waals surface area contributed by atoms with E-state index in [1.165, 1.54) is 18.2 Å². The van der Waals surface area contributed by atoms with E-state index < -0.39 is 22.8 Å². The number of benzene rings is 2. The maximum absolute atomic E-state index is 12.1. The average molecular weight is 313 g/mol. The third kappa shape index (κ3) is 4.13. The third-order valence-electron chi connectivity index (χ3n) is 3.30. The largest absolute Gasteiger partial charge is 0.368 e. The van der Waals surface area contributed by atoms with Crippen LogP contribution >= 0.6 is 0 Å². The summed E-state index contributed by atoms with van der Waals surface area (Å²) in [6.45, 7) is 0. The van der Waals surface area contributed by atoms with Crippen LogP contribution in [0.1, 0.15) is 15.9 Å². The molecule has 0 aromatic heterocycles. The molecule has 2 amide bonds. The fourth-order valence-electron chi connectivity index (χ4n) is 2.14. The Morgan fingerprint density at radius 2 is 1.70 bits per heavy atom. The molecule has 0 saturated carbocycles. The summed E-state index contributed by atoms with van der Waals surface area (Å²) in [4.78, 5) is 34.2. The van der Waals surface area contributed by atoms with Gasteiger partial charge in [0.05, 0.1) is 4.92 Å². The van der Waals surface area contributed by atoms with Gasteiger partial charge >= 0.3 is 0 Å². The van der Waals surface area contributed by atoms with Crippen molar-refractivity contribution < 1.29 is 14.5 Å². The summed E-state index contributed by atoms with van der Waals surface area (Å²) in [6, 6.07) is 13.3. The van der Waals surface area contributed by atoms with Crippen molar-refractivity contribution in [3.63, 3.8) is 0 Å². The zero-order chi connectivity index (χ0) is 16.8. The molecule has 2 rings (SSSR count). The Hall–Kier alpha value is -3.22. The summed E-state index contributed by atoms with van der Waals surface area (Å²) in [7, 11) is 0. The number of hydrogen-bond donors (Lipinski definition) is 2. The van der Waals surface area contributed by atoms with Crippen LogP contribution in [0.5, 0.6) is 0 Å². The second-order valence-corrected chi connectivity index (χ2v) is 4.88. The molecule has 0 radical (unpaired) electrons. The average Bonchev–Trinajstić information content (AvgIpc) is 2.55. The Bertz CT molecular complexity index is 731. The molecule has 2 aromatic rings. The minimum Gasteiger partial charge on any atom is -0.368 e. The number of para-hydroxylation sites is 1. The van der Waals surface area contributed by atoms with Crippen molar-refractivity contribution in [2.24, 2.45) is 5.73 Å². The lowest BCUT2D eigenvalue weighted by Crippen LogP contribution is -2.45. The van der Waals surface area contributed by atoms with Gasteiger partial charge < -0.3 is 11.1 Å². The van der Waals surface area contributed by atoms with Gasteiger partial charge in [-0.1, -0.05) is 36.4 Å². The van der Waals surface area contributed by atoms with Crippen LogP contribution in [-0.2, 0) is 11.2 Å². The van der Waals surface area contributed by atoms with E-state index in [2.05, 4.69) is 5.32 Å². The van der Waals surface area contributed by atoms with Crippen LogP contribution in [0.15, 0.2) is 54.6 Å². The van der Waals surface area contributed by atoms with Gasteiger partial charge in [-0.15, -0.1) is 0 Å². The zero-order valence-corrected chi connectivity index (χ0v) is 12.1. The number of carbonyl (C=O) groups is 2. The standard InChI is InChI=1S/C16H15N3O4/c17-15(20)13(18-16(21)11-6-2-1-3-7-11)10-12-8-4-5-9-14(12)19(22)23/h1-9,13H,10H2,(H2,17,20)(H,18,21)/t13-/m1/s1. The van der Waals surface area contributed by atoms with E-state index in [-0.39, 0.29) is 12.1 Å². The third-order valence-corrected chi connectivity index (χ3v) is 3.30. The smallest absolute Gasteiger partial charge is 0.272 e. The van der Waals surface area contributed by atoms with E-state index in [1.54, 1.807) is 36.4 Å². The van der Waals surface area contributed by atoms with Crippen LogP contribution in [0.25, 0.3) is 0 Å². The summed E-state index contributed by atoms with van der Waals surface area (Å²) in [5.41, 5.74) is 5.90. The number of amides is 2. The molecule has 3 N–H and O–H groups in total. The van der Waals surface area contributed by atoms with Crippen molar-refractivity contribution in [1.29, 1.82) is 0 Å². The molecule has 0 unspecified atom stereocenters. The quantitative estimate of drug-likeness (QED) is 0.619. The van der Waals surface area contributed by atoms with Gasteiger partial charge in [0.25, 0.3) is 11.6 Å². The molecule has 7 heteroatoms. The number of carbonyl (C=O) groups excluding carboxylic acids is 2. The highest BCUT2D eigenvalue weighted by atomic mass is 16.6. The summed E-state index contributed by atoms with van der Waals surface area (Å²) in [5.74, 6) is -1.22. The molecule has 7 nitrogen and oxygen atoms in total. The fourth-order valence-corrected chi connectivity index (χ4v) is 2.14. The first-order chi connectivity index (χ1) is 11.0. The summed E-state index contributed by atoms with van der Waals surface area (Å²) < 4.78 is 0. The predicted octanol–water partition coefficient (Wildman–Crippen LogP) is 1.42. The zero-order valence-electron chi connectivity index (χ0n) is 12.1. The van der Waals surface area contributed by atoms with Crippen molar-refractivity contribution in [3.05, 3.63) is 75.8 Å². The van der Waals surface area contributed by atoms with E-state index in [4.69, 9.17) is 5.73 Å². The van der Waals surface area contributed by atoms with Crippen LogP contribution in [0.4, 0.5) is 5.69 Å². The maximum atomic E-state index is 12.1. The van der Waals surface area contributed by atoms with Crippen LogP contribution in [0, 0.1) is 10.1 Å². The minimum atomic E-state index is -1.04. The van der Waals surface area contributed by atoms with Crippen LogP contribution in [0.3, 0.4) is 0 Å². The van der Waals surface area contributed by atoms with Crippen molar-refractivity contribution in [2.75, 3.05) is 0 Å². The maximum Gasteiger partial charge on any atom is 0.272 e. The first-order valence-corrected chi connectivity index (χ1v) is 6.86. The molecule has 0 fully saturated rings. The normalized spacial score (nSPS) is 11.5. The van der Waals surface area contributed by atoms with Gasteiger partial charge in [0, 0.05) is 23.6 Å². The molecular weight excluding hydrogens is 298 g/mol. The summed E-state index contributed by atoms with van der Waals surface area (Å²) in [5, 5.41) is 13.5. The van der Waals surface area contributed by atoms with Crippen LogP contribution in [-0.4, -0.2) is 22.8 Å². The molecule has 0 bridgehead atoms. The van der Waals surface area contributed by atoms with Gasteiger partial charge in [-0.05, 0) is 12.1 Å². The molecule has 1 atom stereocenters. The molecule has 23 heavy (non-hydrogen) atoms. The number of hydrogen-bond acceptors (Lipinski definition) is 4. The Balaban J connectivity index is 2.19. The lowest BCUT2D eigenvalue weighted by Gasteiger charge is -2.15. The Labute approximate surface area is 132 Å². The second kappa shape index (κ2) is 7.17. The van der Waals surface area contributed by atoms with Gasteiger partial charge in [0.1, 0.15) is 6.04 Å². The molecule has 0 aliphatic rings. The lowest BCUT2D eigenvalue weighted by atomic mass is 10.0. The highest BCUT2D eigenvalue weighted by Gasteiger charge is 2.23. The number of nitrogens with one attached hydrogen (secondary N) is 1. The van der Waals surface area contributed by atoms with Crippen molar-refractivity contribution >= 4 is 17.5 Å². The van der Waals surface area contributed by atoms with E-state index in [0.29, 0.717) is 11.1 Å². The molecule has 0 aliphatic heterocycles. The van der Waals surface area contributed by atoms with E-state index in [1.807, 2.05) is 0 Å². The van der Waals surface area contributed by atoms with Crippen LogP contribution < -0.4 is 11.1 Å². The van der Waals surface area contributed by atoms with Crippen molar-refractivity contribution in [1.82, 2.24) is 5.32 Å². The molecule has 2 aromatic carbocycles. The van der Waals surface area contributed by atoms with Gasteiger partial charge in [0.15, 0.2) is 0 Å². The van der Waals surface area contributed by atoms with E-state index in [9.17, 15) is 19.7 Å². The molecular formula is C16H15N3O4. The topological polar surface area (TPSA) is 115 Å². The number of nitrogens with two attached hydrogens (primary N) is 1. The predicted molar refractivity (Wildman–Crippen MR) is 83.7 cm³/mol. The lowest BCUT2D eigenvalue weighted by molar-refractivity contribution is -0.385. The Kier molecular flexibility index (Phi) is 5.03. The molecule has 118 valence electrons. The van der Waals surface area contributed by atoms with E-state index in [0.717, 1.165) is 0 Å². The Morgan fingerprint density at radius 3 is 2.30 bits per heavy atom. The Morgan fingerprint density at radius 1 is 1.09 bits per heavy atom. The minimum absolute atomic E-state index is 0.0505. The number of primary amides is 1. The molecule has 0 saturated heterocycles. The highest BCUT2D eigenvalue weighted by molar-refractivity contribution is 5.97. The number of nitrogens with zero attached hydrogens (tertiary/aromatic N) is 1. The summed E-state index contributed by atoms with van der Waals surface area (Å²) in [6.07, 6.45) is -0.0505. The van der Waals surface area contributed by atoms with Gasteiger partial charge in [-0.25, -0.2) is 0 Å². The van der Waals surface area contributed by atoms with Gasteiger partial charge in [-0.2, -0.15) is 0 Å². The second-order valence-electron chi connectivity index (χ2n) is 4.88. The number of nitro benzene ring substituents is 1. The fraction of sp³-hybridized carbons (Fsp3) is 0.125. The monoisotopic (exact) mass is 313 g/mol. The molecule has 0 spiro atoms. The summed E-state index contributed by atoms with van der Waals surface area (Å²) >= 11 is 0. The first kappa shape index (κ1) is 16.2. The first-order valence-electron chi connectivity index (χ1n) is 6.86. The van der Waals surface area contributed by atoms with Crippen molar-refractivity contribution in [3.8, 4) is 0 Å². The van der Waals surface area contributed by atoms with Crippen LogP contribution in [0.2, 0.25) is 0 Å². The van der Waals surface area contributed by atoms with Crippen molar-refractivity contribution in [2.45, 2.75) is 12.5 Å². The van der Waals surface area contributed by atoms with Gasteiger partial charge in [-0.3, -0.25) is 19.7 Å². The number of nitro groups is 1. The highest BCUT2D eigenvalue weighted by Crippen LogP contribution is 2.19. The van der Waals surface area contributed by atoms with E-state index >= 15 is 0 Å². The number of rotatable bonds is 6. The molecule has 0 aliphatic carbocycles. The van der Waals surface area contributed by atoms with Gasteiger partial charge in [0.2, 0.25) is 5.91 Å². The molecule has 0 heterocycles.